The maximum absolute atomic E-state index is 4.84. The zero-order chi connectivity index (χ0) is 19.1. The first-order chi connectivity index (χ1) is 13.7. The van der Waals surface area contributed by atoms with Gasteiger partial charge in [-0.3, -0.25) is 0 Å². The Kier molecular flexibility index (Phi) is 3.87. The molecule has 0 fully saturated rings. The first-order valence-corrected chi connectivity index (χ1v) is 9.47. The van der Waals surface area contributed by atoms with Crippen LogP contribution < -0.4 is 4.90 Å². The number of hydrogen-bond donors (Lipinski definition) is 0. The lowest BCUT2D eigenvalue weighted by Gasteiger charge is -2.25. The molecule has 28 heavy (non-hydrogen) atoms. The van der Waals surface area contributed by atoms with Gasteiger partial charge in [-0.15, -0.1) is 0 Å². The lowest BCUT2D eigenvalue weighted by atomic mass is 10.1. The van der Waals surface area contributed by atoms with Gasteiger partial charge in [0.2, 0.25) is 0 Å². The predicted molar refractivity (Wildman–Crippen MR) is 118 cm³/mol. The molecular weight excluding hydrogens is 342 g/mol. The highest BCUT2D eigenvalue weighted by Crippen LogP contribution is 2.37. The highest BCUT2D eigenvalue weighted by molar-refractivity contribution is 6.08. The van der Waals surface area contributed by atoms with Gasteiger partial charge in [-0.05, 0) is 49.4 Å². The van der Waals surface area contributed by atoms with Crippen LogP contribution in [0.2, 0.25) is 0 Å². The molecule has 0 aliphatic heterocycles. The molecule has 136 valence electrons. The SMILES string of the molecule is Cc1ccc2c(c1)c1cc(N(c3ccccc3)c3ccccc3)cnc1n2C. The number of anilines is 3. The van der Waals surface area contributed by atoms with E-state index in [1.165, 1.54) is 21.9 Å². The summed E-state index contributed by atoms with van der Waals surface area (Å²) in [6.07, 6.45) is 1.97. The number of fused-ring (bicyclic) bond motifs is 3. The molecule has 0 spiro atoms. The minimum Gasteiger partial charge on any atom is -0.328 e. The number of hydrogen-bond acceptors (Lipinski definition) is 2. The number of rotatable bonds is 3. The average molecular weight is 363 g/mol. The summed E-state index contributed by atoms with van der Waals surface area (Å²) in [5, 5.41) is 2.42. The Hall–Kier alpha value is -3.59. The van der Waals surface area contributed by atoms with Crippen molar-refractivity contribution in [2.75, 3.05) is 4.90 Å². The normalized spacial score (nSPS) is 11.2. The summed E-state index contributed by atoms with van der Waals surface area (Å²) in [7, 11) is 2.08. The summed E-state index contributed by atoms with van der Waals surface area (Å²) in [6.45, 7) is 2.13. The zero-order valence-electron chi connectivity index (χ0n) is 16.0. The van der Waals surface area contributed by atoms with Crippen LogP contribution in [0.25, 0.3) is 21.9 Å². The number of aryl methyl sites for hydroxylation is 2. The quantitative estimate of drug-likeness (QED) is 0.364. The van der Waals surface area contributed by atoms with Crippen molar-refractivity contribution in [3.63, 3.8) is 0 Å². The van der Waals surface area contributed by atoms with Gasteiger partial charge in [-0.1, -0.05) is 48.0 Å². The average Bonchev–Trinajstić information content (AvgIpc) is 3.01. The molecule has 5 aromatic rings. The van der Waals surface area contributed by atoms with Crippen LogP contribution in [0.1, 0.15) is 5.56 Å². The van der Waals surface area contributed by atoms with Crippen molar-refractivity contribution in [1.29, 1.82) is 0 Å². The summed E-state index contributed by atoms with van der Waals surface area (Å²) in [4.78, 5) is 7.09. The molecule has 0 radical (unpaired) electrons. The molecular formula is C25H21N3. The Morgan fingerprint density at radius 1 is 0.714 bits per heavy atom. The van der Waals surface area contributed by atoms with Crippen LogP contribution in [0, 0.1) is 6.92 Å². The van der Waals surface area contributed by atoms with Gasteiger partial charge in [0.05, 0.1) is 17.4 Å². The van der Waals surface area contributed by atoms with Crippen LogP contribution in [0.4, 0.5) is 17.1 Å². The highest BCUT2D eigenvalue weighted by atomic mass is 15.2. The molecule has 3 aromatic carbocycles. The number of nitrogens with zero attached hydrogens (tertiary/aromatic N) is 3. The van der Waals surface area contributed by atoms with Crippen molar-refractivity contribution in [1.82, 2.24) is 9.55 Å². The first-order valence-electron chi connectivity index (χ1n) is 9.47. The van der Waals surface area contributed by atoms with Crippen LogP contribution in [-0.2, 0) is 7.05 Å². The fourth-order valence-corrected chi connectivity index (χ4v) is 3.91. The van der Waals surface area contributed by atoms with E-state index in [1.807, 2.05) is 18.3 Å². The van der Waals surface area contributed by atoms with E-state index >= 15 is 0 Å². The minimum absolute atomic E-state index is 1.01. The van der Waals surface area contributed by atoms with Crippen molar-refractivity contribution in [2.45, 2.75) is 6.92 Å². The van der Waals surface area contributed by atoms with Crippen molar-refractivity contribution >= 4 is 39.0 Å². The van der Waals surface area contributed by atoms with Crippen molar-refractivity contribution in [3.05, 3.63) is 96.7 Å². The van der Waals surface area contributed by atoms with E-state index in [2.05, 4.69) is 96.2 Å². The minimum atomic E-state index is 1.01. The topological polar surface area (TPSA) is 21.1 Å². The van der Waals surface area contributed by atoms with E-state index in [4.69, 9.17) is 4.98 Å². The molecule has 2 aromatic heterocycles. The lowest BCUT2D eigenvalue weighted by Crippen LogP contribution is -2.10. The molecule has 0 atom stereocenters. The molecule has 0 aliphatic rings. The van der Waals surface area contributed by atoms with E-state index in [0.29, 0.717) is 0 Å². The van der Waals surface area contributed by atoms with E-state index in [9.17, 15) is 0 Å². The largest absolute Gasteiger partial charge is 0.328 e. The fraction of sp³-hybridized carbons (Fsp3) is 0.0800. The number of pyridine rings is 1. The second kappa shape index (κ2) is 6.54. The van der Waals surface area contributed by atoms with Gasteiger partial charge in [-0.2, -0.15) is 0 Å². The Labute approximate surface area is 164 Å². The number of para-hydroxylation sites is 2. The molecule has 0 N–H and O–H groups in total. The molecule has 0 bridgehead atoms. The van der Waals surface area contributed by atoms with Crippen molar-refractivity contribution < 1.29 is 0 Å². The monoisotopic (exact) mass is 363 g/mol. The van der Waals surface area contributed by atoms with E-state index in [1.54, 1.807) is 0 Å². The van der Waals surface area contributed by atoms with Gasteiger partial charge in [0.15, 0.2) is 0 Å². The van der Waals surface area contributed by atoms with E-state index in [0.717, 1.165) is 22.7 Å². The van der Waals surface area contributed by atoms with Gasteiger partial charge >= 0.3 is 0 Å². The third-order valence-electron chi connectivity index (χ3n) is 5.26. The molecule has 3 heteroatoms. The van der Waals surface area contributed by atoms with Crippen LogP contribution in [0.5, 0.6) is 0 Å². The Morgan fingerprint density at radius 2 is 1.36 bits per heavy atom. The predicted octanol–water partition coefficient (Wildman–Crippen LogP) is 6.50. The zero-order valence-corrected chi connectivity index (χ0v) is 16.0. The summed E-state index contributed by atoms with van der Waals surface area (Å²) in [6, 6.07) is 29.7. The highest BCUT2D eigenvalue weighted by Gasteiger charge is 2.16. The fourth-order valence-electron chi connectivity index (χ4n) is 3.91. The van der Waals surface area contributed by atoms with Gasteiger partial charge in [0.1, 0.15) is 5.65 Å². The maximum atomic E-state index is 4.84. The molecule has 0 unspecified atom stereocenters. The van der Waals surface area contributed by atoms with Crippen LogP contribution in [-0.4, -0.2) is 9.55 Å². The molecule has 3 nitrogen and oxygen atoms in total. The number of aromatic nitrogens is 2. The standard InChI is InChI=1S/C25H21N3/c1-18-13-14-24-22(15-18)23-16-21(17-26-25(23)27(24)2)28(19-9-5-3-6-10-19)20-11-7-4-8-12-20/h3-17H,1-2H3. The summed E-state index contributed by atoms with van der Waals surface area (Å²) >= 11 is 0. The molecule has 0 saturated carbocycles. The van der Waals surface area contributed by atoms with Crippen LogP contribution in [0.15, 0.2) is 91.1 Å². The van der Waals surface area contributed by atoms with Gasteiger partial charge in [-0.25, -0.2) is 4.98 Å². The third kappa shape index (κ3) is 2.64. The van der Waals surface area contributed by atoms with Gasteiger partial charge in [0.25, 0.3) is 0 Å². The van der Waals surface area contributed by atoms with Crippen molar-refractivity contribution in [2.24, 2.45) is 7.05 Å². The second-order valence-corrected chi connectivity index (χ2v) is 7.15. The first kappa shape index (κ1) is 16.6. The molecule has 0 amide bonds. The summed E-state index contributed by atoms with van der Waals surface area (Å²) < 4.78 is 2.17. The van der Waals surface area contributed by atoms with Crippen LogP contribution >= 0.6 is 0 Å². The number of benzene rings is 3. The molecule has 5 rings (SSSR count). The Morgan fingerprint density at radius 3 is 2.00 bits per heavy atom. The smallest absolute Gasteiger partial charge is 0.140 e. The maximum Gasteiger partial charge on any atom is 0.140 e. The second-order valence-electron chi connectivity index (χ2n) is 7.15. The molecule has 2 heterocycles. The van der Waals surface area contributed by atoms with Gasteiger partial charge in [0, 0.05) is 29.2 Å². The Balaban J connectivity index is 1.78. The lowest BCUT2D eigenvalue weighted by molar-refractivity contribution is 0.989. The third-order valence-corrected chi connectivity index (χ3v) is 5.26. The molecule has 0 saturated heterocycles. The molecule has 0 aliphatic carbocycles. The Bertz CT molecular complexity index is 1230. The van der Waals surface area contributed by atoms with E-state index in [-0.39, 0.29) is 0 Å². The summed E-state index contributed by atoms with van der Waals surface area (Å²) in [5.41, 5.74) is 6.76. The summed E-state index contributed by atoms with van der Waals surface area (Å²) in [5.74, 6) is 0. The van der Waals surface area contributed by atoms with Crippen molar-refractivity contribution in [3.8, 4) is 0 Å². The van der Waals surface area contributed by atoms with Crippen LogP contribution in [0.3, 0.4) is 0 Å². The van der Waals surface area contributed by atoms with Gasteiger partial charge < -0.3 is 9.47 Å². The van der Waals surface area contributed by atoms with E-state index < -0.39 is 0 Å².